The van der Waals surface area contributed by atoms with E-state index in [0.29, 0.717) is 0 Å². The van der Waals surface area contributed by atoms with Crippen molar-refractivity contribution >= 4 is 11.6 Å². The van der Waals surface area contributed by atoms with E-state index in [-0.39, 0.29) is 10.7 Å². The van der Waals surface area contributed by atoms with Crippen molar-refractivity contribution in [2.24, 2.45) is 0 Å². The summed E-state index contributed by atoms with van der Waals surface area (Å²) in [6.07, 6.45) is 5.89. The van der Waals surface area contributed by atoms with Gasteiger partial charge in [0.2, 0.25) is 5.89 Å². The van der Waals surface area contributed by atoms with Gasteiger partial charge in [0.1, 0.15) is 0 Å². The molecule has 0 amide bonds. The van der Waals surface area contributed by atoms with Gasteiger partial charge in [0.25, 0.3) is 5.28 Å². The zero-order valence-corrected chi connectivity index (χ0v) is 8.47. The molecule has 0 unspecified atom stereocenters. The van der Waals surface area contributed by atoms with Crippen LogP contribution >= 0.6 is 11.6 Å². The zero-order valence-electron chi connectivity index (χ0n) is 7.72. The summed E-state index contributed by atoms with van der Waals surface area (Å²) in [7, 11) is 0. The van der Waals surface area contributed by atoms with Crippen molar-refractivity contribution in [2.75, 3.05) is 0 Å². The van der Waals surface area contributed by atoms with Crippen molar-refractivity contribution in [2.45, 2.75) is 44.4 Å². The van der Waals surface area contributed by atoms with Crippen molar-refractivity contribution in [1.82, 2.24) is 10.1 Å². The Balaban J connectivity index is 2.30. The highest BCUT2D eigenvalue weighted by molar-refractivity contribution is 6.28. The van der Waals surface area contributed by atoms with Crippen LogP contribution in [0.2, 0.25) is 5.28 Å². The van der Waals surface area contributed by atoms with Crippen LogP contribution in [0.25, 0.3) is 0 Å². The quantitative estimate of drug-likeness (QED) is 0.737. The summed E-state index contributed by atoms with van der Waals surface area (Å²) in [4.78, 5) is 4.12. The molecule has 13 heavy (non-hydrogen) atoms. The van der Waals surface area contributed by atoms with Gasteiger partial charge in [-0.3, -0.25) is 0 Å². The van der Waals surface area contributed by atoms with E-state index in [2.05, 4.69) is 17.1 Å². The predicted octanol–water partition coefficient (Wildman–Crippen LogP) is 2.94. The summed E-state index contributed by atoms with van der Waals surface area (Å²) in [5.74, 6) is 0.734. The lowest BCUT2D eigenvalue weighted by atomic mass is 9.83. The molecule has 0 radical (unpaired) electrons. The molecule has 0 bridgehead atoms. The maximum Gasteiger partial charge on any atom is 0.263 e. The van der Waals surface area contributed by atoms with Gasteiger partial charge in [-0.05, 0) is 36.0 Å². The van der Waals surface area contributed by atoms with Crippen molar-refractivity contribution < 1.29 is 4.52 Å². The van der Waals surface area contributed by atoms with Gasteiger partial charge in [0.05, 0.1) is 0 Å². The highest BCUT2D eigenvalue weighted by atomic mass is 35.5. The number of nitrogens with zero attached hydrogens (tertiary/aromatic N) is 2. The van der Waals surface area contributed by atoms with Crippen LogP contribution < -0.4 is 0 Å². The molecule has 0 saturated heterocycles. The van der Waals surface area contributed by atoms with Crippen molar-refractivity contribution in [3.63, 3.8) is 0 Å². The molecule has 1 fully saturated rings. The Morgan fingerprint density at radius 1 is 1.46 bits per heavy atom. The Morgan fingerprint density at radius 2 is 2.15 bits per heavy atom. The fraction of sp³-hybridized carbons (Fsp3) is 0.778. The van der Waals surface area contributed by atoms with E-state index < -0.39 is 0 Å². The predicted molar refractivity (Wildman–Crippen MR) is 49.7 cm³/mol. The summed E-state index contributed by atoms with van der Waals surface area (Å²) >= 11 is 5.64. The van der Waals surface area contributed by atoms with Crippen LogP contribution in [0.5, 0.6) is 0 Å². The van der Waals surface area contributed by atoms with Crippen LogP contribution in [-0.2, 0) is 5.41 Å². The second kappa shape index (κ2) is 3.29. The number of hydrogen-bond donors (Lipinski definition) is 0. The van der Waals surface area contributed by atoms with Crippen LogP contribution in [0, 0.1) is 0 Å². The molecule has 0 aromatic carbocycles. The molecule has 1 aliphatic rings. The Labute approximate surface area is 82.5 Å². The smallest absolute Gasteiger partial charge is 0.263 e. The van der Waals surface area contributed by atoms with Crippen LogP contribution in [-0.4, -0.2) is 10.1 Å². The fourth-order valence-electron chi connectivity index (χ4n) is 2.19. The van der Waals surface area contributed by atoms with Gasteiger partial charge in [-0.2, -0.15) is 4.98 Å². The highest BCUT2D eigenvalue weighted by Gasteiger charge is 2.38. The topological polar surface area (TPSA) is 38.9 Å². The average molecular weight is 201 g/mol. The lowest BCUT2D eigenvalue weighted by molar-refractivity contribution is 0.272. The maximum absolute atomic E-state index is 5.64. The minimum atomic E-state index is 0.125. The summed E-state index contributed by atoms with van der Waals surface area (Å²) < 4.78 is 5.15. The van der Waals surface area contributed by atoms with Gasteiger partial charge in [0, 0.05) is 5.41 Å². The molecule has 1 aliphatic carbocycles. The molecule has 72 valence electrons. The van der Waals surface area contributed by atoms with Crippen molar-refractivity contribution in [3.8, 4) is 0 Å². The standard InChI is InChI=1S/C9H13ClN2O/c1-2-9(5-3-4-6-9)7-11-8(10)12-13-7/h2-6H2,1H3. The second-order valence-electron chi connectivity index (χ2n) is 3.71. The second-order valence-corrected chi connectivity index (χ2v) is 4.05. The van der Waals surface area contributed by atoms with Crippen molar-refractivity contribution in [3.05, 3.63) is 11.2 Å². The lowest BCUT2D eigenvalue weighted by Gasteiger charge is -2.21. The summed E-state index contributed by atoms with van der Waals surface area (Å²) in [6, 6.07) is 0. The third-order valence-electron chi connectivity index (χ3n) is 3.09. The van der Waals surface area contributed by atoms with E-state index in [1.54, 1.807) is 0 Å². The number of aromatic nitrogens is 2. The van der Waals surface area contributed by atoms with Crippen LogP contribution in [0.1, 0.15) is 44.9 Å². The van der Waals surface area contributed by atoms with E-state index in [0.717, 1.165) is 25.2 Å². The van der Waals surface area contributed by atoms with Crippen LogP contribution in [0.15, 0.2) is 4.52 Å². The van der Waals surface area contributed by atoms with Crippen LogP contribution in [0.4, 0.5) is 0 Å². The van der Waals surface area contributed by atoms with Crippen molar-refractivity contribution in [1.29, 1.82) is 0 Å². The van der Waals surface area contributed by atoms with Gasteiger partial charge in [-0.1, -0.05) is 19.8 Å². The molecule has 1 aromatic heterocycles. The molecule has 1 saturated carbocycles. The highest BCUT2D eigenvalue weighted by Crippen LogP contribution is 2.42. The molecule has 3 nitrogen and oxygen atoms in total. The normalized spacial score (nSPS) is 20.8. The Morgan fingerprint density at radius 3 is 2.62 bits per heavy atom. The lowest BCUT2D eigenvalue weighted by Crippen LogP contribution is -2.21. The molecule has 2 rings (SSSR count). The molecule has 0 atom stereocenters. The minimum Gasteiger partial charge on any atom is -0.337 e. The van der Waals surface area contributed by atoms with E-state index >= 15 is 0 Å². The minimum absolute atomic E-state index is 0.125. The first-order chi connectivity index (χ1) is 6.27. The van der Waals surface area contributed by atoms with E-state index in [1.165, 1.54) is 12.8 Å². The molecular formula is C9H13ClN2O. The Kier molecular flexibility index (Phi) is 2.28. The molecule has 0 spiro atoms. The van der Waals surface area contributed by atoms with Crippen LogP contribution in [0.3, 0.4) is 0 Å². The first-order valence-corrected chi connectivity index (χ1v) is 5.14. The first kappa shape index (κ1) is 9.00. The van der Waals surface area contributed by atoms with E-state index in [4.69, 9.17) is 16.1 Å². The number of rotatable bonds is 2. The van der Waals surface area contributed by atoms with Gasteiger partial charge < -0.3 is 4.52 Å². The van der Waals surface area contributed by atoms with Gasteiger partial charge in [-0.25, -0.2) is 0 Å². The largest absolute Gasteiger partial charge is 0.337 e. The van der Waals surface area contributed by atoms with Gasteiger partial charge in [-0.15, -0.1) is 0 Å². The zero-order chi connectivity index (χ0) is 9.31. The van der Waals surface area contributed by atoms with E-state index in [1.807, 2.05) is 0 Å². The Hall–Kier alpha value is -0.570. The monoisotopic (exact) mass is 200 g/mol. The number of hydrogen-bond acceptors (Lipinski definition) is 3. The molecular weight excluding hydrogens is 188 g/mol. The molecule has 1 heterocycles. The SMILES string of the molecule is CCC1(c2nc(Cl)no2)CCCC1. The summed E-state index contributed by atoms with van der Waals surface area (Å²) in [6.45, 7) is 2.17. The third kappa shape index (κ3) is 1.46. The molecule has 0 N–H and O–H groups in total. The van der Waals surface area contributed by atoms with Gasteiger partial charge in [0.15, 0.2) is 0 Å². The molecule has 0 aliphatic heterocycles. The molecule has 1 aromatic rings. The number of halogens is 1. The molecule has 4 heteroatoms. The summed E-state index contributed by atoms with van der Waals surface area (Å²) in [5, 5.41) is 3.86. The van der Waals surface area contributed by atoms with Gasteiger partial charge >= 0.3 is 0 Å². The Bertz CT molecular complexity index is 292. The van der Waals surface area contributed by atoms with E-state index in [9.17, 15) is 0 Å². The third-order valence-corrected chi connectivity index (χ3v) is 3.25. The fourth-order valence-corrected chi connectivity index (χ4v) is 2.30. The summed E-state index contributed by atoms with van der Waals surface area (Å²) in [5.41, 5.74) is 0.125. The maximum atomic E-state index is 5.64. The first-order valence-electron chi connectivity index (χ1n) is 4.76. The average Bonchev–Trinajstić information content (AvgIpc) is 2.73.